The van der Waals surface area contributed by atoms with E-state index in [1.165, 1.54) is 30.5 Å². The van der Waals surface area contributed by atoms with Crippen LogP contribution in [0.3, 0.4) is 0 Å². The number of amides is 1. The lowest BCUT2D eigenvalue weighted by molar-refractivity contribution is -0.116. The Morgan fingerprint density at radius 2 is 1.66 bits per heavy atom. The number of nitrogens with one attached hydrogen (secondary N) is 1. The standard InChI is InChI=1S/C26H23FN2O5S/c1-2-34-26(31)19-9-13-21(14-10-19)28-25(30)16-29-15-24(22-5-3-4-6-23(22)29)35(32,33)17-18-7-11-20(27)12-8-18/h3-15H,2,16-17H2,1H3,(H,28,30). The number of halogens is 1. The number of nitrogens with zero attached hydrogens (tertiary/aromatic N) is 1. The minimum Gasteiger partial charge on any atom is -0.462 e. The molecule has 0 spiro atoms. The maximum absolute atomic E-state index is 13.2. The molecule has 4 rings (SSSR count). The average molecular weight is 495 g/mol. The Balaban J connectivity index is 1.54. The summed E-state index contributed by atoms with van der Waals surface area (Å²) in [5.74, 6) is -1.54. The van der Waals surface area contributed by atoms with Crippen molar-refractivity contribution in [3.63, 3.8) is 0 Å². The van der Waals surface area contributed by atoms with Gasteiger partial charge in [-0.1, -0.05) is 30.3 Å². The molecule has 0 aliphatic rings. The van der Waals surface area contributed by atoms with Crippen LogP contribution >= 0.6 is 0 Å². The number of ether oxygens (including phenoxy) is 1. The SMILES string of the molecule is CCOC(=O)c1ccc(NC(=O)Cn2cc(S(=O)(=O)Cc3ccc(F)cc3)c3ccccc32)cc1. The third-order valence-electron chi connectivity index (χ3n) is 5.35. The van der Waals surface area contributed by atoms with Crippen molar-refractivity contribution in [3.8, 4) is 0 Å². The number of esters is 1. The quantitative estimate of drug-likeness (QED) is 0.362. The highest BCUT2D eigenvalue weighted by Crippen LogP contribution is 2.28. The highest BCUT2D eigenvalue weighted by Gasteiger charge is 2.22. The maximum atomic E-state index is 13.2. The van der Waals surface area contributed by atoms with Crippen LogP contribution in [-0.2, 0) is 31.7 Å². The fourth-order valence-corrected chi connectivity index (χ4v) is 5.31. The number of carbonyl (C=O) groups excluding carboxylic acids is 2. The van der Waals surface area contributed by atoms with Crippen molar-refractivity contribution in [1.82, 2.24) is 4.57 Å². The van der Waals surface area contributed by atoms with E-state index in [1.807, 2.05) is 0 Å². The average Bonchev–Trinajstić information content (AvgIpc) is 3.20. The lowest BCUT2D eigenvalue weighted by atomic mass is 10.2. The molecule has 7 nitrogen and oxygen atoms in total. The normalized spacial score (nSPS) is 11.4. The number of fused-ring (bicyclic) bond motifs is 1. The fraction of sp³-hybridized carbons (Fsp3) is 0.154. The number of para-hydroxylation sites is 1. The van der Waals surface area contributed by atoms with E-state index >= 15 is 0 Å². The molecule has 0 fully saturated rings. The van der Waals surface area contributed by atoms with Crippen molar-refractivity contribution >= 4 is 38.3 Å². The first-order valence-corrected chi connectivity index (χ1v) is 12.5. The van der Waals surface area contributed by atoms with E-state index in [-0.39, 0.29) is 29.7 Å². The third-order valence-corrected chi connectivity index (χ3v) is 7.06. The second-order valence-electron chi connectivity index (χ2n) is 7.87. The summed E-state index contributed by atoms with van der Waals surface area (Å²) in [6.45, 7) is 1.87. The largest absolute Gasteiger partial charge is 0.462 e. The summed E-state index contributed by atoms with van der Waals surface area (Å²) in [7, 11) is -3.76. The van der Waals surface area contributed by atoms with Crippen LogP contribution in [0, 0.1) is 5.82 Å². The zero-order chi connectivity index (χ0) is 25.0. The minimum atomic E-state index is -3.76. The molecule has 0 bridgehead atoms. The zero-order valence-corrected chi connectivity index (χ0v) is 19.7. The predicted octanol–water partition coefficient (Wildman–Crippen LogP) is 4.57. The van der Waals surface area contributed by atoms with Crippen molar-refractivity contribution < 1.29 is 27.1 Å². The van der Waals surface area contributed by atoms with Crippen LogP contribution in [0.25, 0.3) is 10.9 Å². The summed E-state index contributed by atoms with van der Waals surface area (Å²) in [5.41, 5.74) is 1.92. The molecule has 180 valence electrons. The molecule has 0 aliphatic carbocycles. The molecule has 0 saturated carbocycles. The lowest BCUT2D eigenvalue weighted by Gasteiger charge is -2.08. The smallest absolute Gasteiger partial charge is 0.338 e. The molecule has 1 N–H and O–H groups in total. The van der Waals surface area contributed by atoms with Gasteiger partial charge in [-0.05, 0) is 55.0 Å². The number of hydrogen-bond donors (Lipinski definition) is 1. The Hall–Kier alpha value is -3.98. The number of hydrogen-bond acceptors (Lipinski definition) is 5. The lowest BCUT2D eigenvalue weighted by Crippen LogP contribution is -2.18. The van der Waals surface area contributed by atoms with Gasteiger partial charge in [-0.25, -0.2) is 17.6 Å². The van der Waals surface area contributed by atoms with Gasteiger partial charge in [0.15, 0.2) is 9.84 Å². The zero-order valence-electron chi connectivity index (χ0n) is 18.9. The minimum absolute atomic E-state index is 0.101. The first-order chi connectivity index (χ1) is 16.8. The second-order valence-corrected chi connectivity index (χ2v) is 9.83. The van der Waals surface area contributed by atoms with Gasteiger partial charge in [0.25, 0.3) is 0 Å². The van der Waals surface area contributed by atoms with Gasteiger partial charge in [0.05, 0.1) is 22.8 Å². The summed E-state index contributed by atoms with van der Waals surface area (Å²) in [5, 5.41) is 3.25. The molecule has 1 aromatic heterocycles. The molecule has 0 saturated heterocycles. The molecular formula is C26H23FN2O5S. The van der Waals surface area contributed by atoms with Crippen molar-refractivity contribution in [1.29, 1.82) is 0 Å². The number of sulfone groups is 1. The number of rotatable bonds is 8. The molecule has 1 heterocycles. The summed E-state index contributed by atoms with van der Waals surface area (Å²) in [4.78, 5) is 24.6. The van der Waals surface area contributed by atoms with Gasteiger partial charge in [0.2, 0.25) is 5.91 Å². The Morgan fingerprint density at radius 1 is 0.971 bits per heavy atom. The molecule has 4 aromatic rings. The van der Waals surface area contributed by atoms with Crippen LogP contribution in [-0.4, -0.2) is 31.5 Å². The topological polar surface area (TPSA) is 94.5 Å². The Bertz CT molecular complexity index is 1480. The van der Waals surface area contributed by atoms with Gasteiger partial charge in [-0.2, -0.15) is 0 Å². The summed E-state index contributed by atoms with van der Waals surface area (Å²) >= 11 is 0. The third kappa shape index (κ3) is 5.58. The first kappa shape index (κ1) is 24.2. The number of aromatic nitrogens is 1. The second kappa shape index (κ2) is 10.1. The van der Waals surface area contributed by atoms with E-state index in [0.29, 0.717) is 27.7 Å². The molecule has 35 heavy (non-hydrogen) atoms. The highest BCUT2D eigenvalue weighted by atomic mass is 32.2. The van der Waals surface area contributed by atoms with Gasteiger partial charge < -0.3 is 14.6 Å². The van der Waals surface area contributed by atoms with Gasteiger partial charge in [0, 0.05) is 22.8 Å². The van der Waals surface area contributed by atoms with Crippen LogP contribution in [0.5, 0.6) is 0 Å². The van der Waals surface area contributed by atoms with Crippen LogP contribution in [0.1, 0.15) is 22.8 Å². The Kier molecular flexibility index (Phi) is 6.97. The summed E-state index contributed by atoms with van der Waals surface area (Å²) < 4.78 is 46.1. The van der Waals surface area contributed by atoms with Crippen molar-refractivity contribution in [2.75, 3.05) is 11.9 Å². The van der Waals surface area contributed by atoms with Crippen molar-refractivity contribution in [2.24, 2.45) is 0 Å². The first-order valence-electron chi connectivity index (χ1n) is 10.9. The molecule has 3 aromatic carbocycles. The van der Waals surface area contributed by atoms with E-state index in [2.05, 4.69) is 5.32 Å². The van der Waals surface area contributed by atoms with Crippen LogP contribution in [0.4, 0.5) is 10.1 Å². The molecule has 0 radical (unpaired) electrons. The number of carbonyl (C=O) groups is 2. The van der Waals surface area contributed by atoms with Gasteiger partial charge in [-0.3, -0.25) is 4.79 Å². The number of benzene rings is 3. The molecular weight excluding hydrogens is 471 g/mol. The van der Waals surface area contributed by atoms with Crippen molar-refractivity contribution in [2.45, 2.75) is 24.1 Å². The molecule has 0 aliphatic heterocycles. The maximum Gasteiger partial charge on any atom is 0.338 e. The van der Waals surface area contributed by atoms with Crippen molar-refractivity contribution in [3.05, 3.63) is 95.9 Å². The summed E-state index contributed by atoms with van der Waals surface area (Å²) in [6.07, 6.45) is 1.45. The van der Waals surface area contributed by atoms with Gasteiger partial charge in [-0.15, -0.1) is 0 Å². The monoisotopic (exact) mass is 494 g/mol. The number of anilines is 1. The highest BCUT2D eigenvalue weighted by molar-refractivity contribution is 7.90. The fourth-order valence-electron chi connectivity index (χ4n) is 3.73. The van der Waals surface area contributed by atoms with E-state index in [9.17, 15) is 22.4 Å². The molecule has 0 atom stereocenters. The Labute approximate surface area is 202 Å². The van der Waals surface area contributed by atoms with Crippen LogP contribution in [0.15, 0.2) is 83.9 Å². The Morgan fingerprint density at radius 3 is 2.34 bits per heavy atom. The van der Waals surface area contributed by atoms with Crippen LogP contribution < -0.4 is 5.32 Å². The molecule has 1 amide bonds. The predicted molar refractivity (Wildman–Crippen MR) is 130 cm³/mol. The van der Waals surface area contributed by atoms with E-state index in [0.717, 1.165) is 0 Å². The molecule has 0 unspecified atom stereocenters. The molecule has 9 heteroatoms. The summed E-state index contributed by atoms with van der Waals surface area (Å²) in [6, 6.07) is 18.5. The van der Waals surface area contributed by atoms with Gasteiger partial charge >= 0.3 is 5.97 Å². The van der Waals surface area contributed by atoms with Gasteiger partial charge in [0.1, 0.15) is 12.4 Å². The van der Waals surface area contributed by atoms with Crippen LogP contribution in [0.2, 0.25) is 0 Å². The van der Waals surface area contributed by atoms with E-state index in [4.69, 9.17) is 4.74 Å². The van der Waals surface area contributed by atoms with E-state index in [1.54, 1.807) is 60.0 Å². The van der Waals surface area contributed by atoms with E-state index < -0.39 is 21.6 Å².